The fourth-order valence-electron chi connectivity index (χ4n) is 4.79. The fraction of sp³-hybridized carbons (Fsp3) is 0.667. The molecule has 0 aromatic heterocycles. The standard InChI is InChI=1S/C24H36ClN3O2/c1-17(2)23(29)28(15-19-6-4-3-5-7-19)21-12-13-27(16-21)24(30)22(26)14-18-8-10-20(25)11-9-18/h8-11,17,19,21-22H,3-7,12-16,26H2,1-2H3. The van der Waals surface area contributed by atoms with Crippen LogP contribution in [0.25, 0.3) is 0 Å². The minimum absolute atomic E-state index is 0.0227. The van der Waals surface area contributed by atoms with Crippen LogP contribution in [0.5, 0.6) is 0 Å². The van der Waals surface area contributed by atoms with Gasteiger partial charge in [-0.05, 0) is 49.3 Å². The maximum Gasteiger partial charge on any atom is 0.239 e. The van der Waals surface area contributed by atoms with Crippen molar-refractivity contribution in [3.05, 3.63) is 34.9 Å². The second-order valence-electron chi connectivity index (χ2n) is 9.31. The van der Waals surface area contributed by atoms with E-state index < -0.39 is 6.04 Å². The van der Waals surface area contributed by atoms with Crippen molar-refractivity contribution in [1.29, 1.82) is 0 Å². The van der Waals surface area contributed by atoms with Crippen LogP contribution >= 0.6 is 11.6 Å². The molecule has 5 nitrogen and oxygen atoms in total. The van der Waals surface area contributed by atoms with E-state index in [0.29, 0.717) is 30.5 Å². The summed E-state index contributed by atoms with van der Waals surface area (Å²) < 4.78 is 0. The molecular formula is C24H36ClN3O2. The van der Waals surface area contributed by atoms with Crippen LogP contribution in [0.15, 0.2) is 24.3 Å². The van der Waals surface area contributed by atoms with E-state index in [2.05, 4.69) is 4.90 Å². The average molecular weight is 434 g/mol. The van der Waals surface area contributed by atoms with Crippen LogP contribution in [0.2, 0.25) is 5.02 Å². The zero-order valence-electron chi connectivity index (χ0n) is 18.4. The monoisotopic (exact) mass is 433 g/mol. The van der Waals surface area contributed by atoms with Gasteiger partial charge in [0.15, 0.2) is 0 Å². The molecule has 2 amide bonds. The molecule has 1 aromatic rings. The molecule has 1 aromatic carbocycles. The normalized spacial score (nSPS) is 21.1. The van der Waals surface area contributed by atoms with Crippen LogP contribution in [-0.2, 0) is 16.0 Å². The van der Waals surface area contributed by atoms with Crippen molar-refractivity contribution in [2.75, 3.05) is 19.6 Å². The molecule has 2 aliphatic rings. The minimum atomic E-state index is -0.572. The van der Waals surface area contributed by atoms with Gasteiger partial charge >= 0.3 is 0 Å². The Bertz CT molecular complexity index is 716. The van der Waals surface area contributed by atoms with Crippen molar-refractivity contribution in [2.45, 2.75) is 70.9 Å². The van der Waals surface area contributed by atoms with Crippen molar-refractivity contribution in [3.8, 4) is 0 Å². The summed E-state index contributed by atoms with van der Waals surface area (Å²) in [6, 6.07) is 7.00. The molecule has 0 radical (unpaired) electrons. The molecule has 0 bridgehead atoms. The lowest BCUT2D eigenvalue weighted by molar-refractivity contribution is -0.138. The molecule has 1 saturated heterocycles. The van der Waals surface area contributed by atoms with Gasteiger partial charge < -0.3 is 15.5 Å². The van der Waals surface area contributed by atoms with Gasteiger partial charge in [0.25, 0.3) is 0 Å². The van der Waals surface area contributed by atoms with Gasteiger partial charge in [-0.2, -0.15) is 0 Å². The Labute approximate surface area is 185 Å². The van der Waals surface area contributed by atoms with Crippen LogP contribution < -0.4 is 5.73 Å². The third kappa shape index (κ3) is 5.98. The molecule has 3 rings (SSSR count). The van der Waals surface area contributed by atoms with Gasteiger partial charge in [0.1, 0.15) is 0 Å². The van der Waals surface area contributed by atoms with Gasteiger partial charge in [0.2, 0.25) is 11.8 Å². The lowest BCUT2D eigenvalue weighted by atomic mass is 9.88. The number of amides is 2. The van der Waals surface area contributed by atoms with Crippen molar-refractivity contribution in [3.63, 3.8) is 0 Å². The summed E-state index contributed by atoms with van der Waals surface area (Å²) in [4.78, 5) is 29.9. The third-order valence-electron chi connectivity index (χ3n) is 6.56. The molecule has 1 aliphatic heterocycles. The number of hydrogen-bond acceptors (Lipinski definition) is 3. The number of nitrogens with zero attached hydrogens (tertiary/aromatic N) is 2. The first-order valence-corrected chi connectivity index (χ1v) is 11.8. The summed E-state index contributed by atoms with van der Waals surface area (Å²) in [5, 5.41) is 0.675. The number of carbonyl (C=O) groups is 2. The second kappa shape index (κ2) is 10.6. The highest BCUT2D eigenvalue weighted by Crippen LogP contribution is 2.27. The number of likely N-dealkylation sites (tertiary alicyclic amines) is 1. The molecule has 6 heteroatoms. The Hall–Kier alpha value is -1.59. The highest BCUT2D eigenvalue weighted by Gasteiger charge is 2.36. The van der Waals surface area contributed by atoms with Crippen LogP contribution in [0.4, 0.5) is 0 Å². The number of carbonyl (C=O) groups excluding carboxylic acids is 2. The van der Waals surface area contributed by atoms with E-state index in [0.717, 1.165) is 18.5 Å². The van der Waals surface area contributed by atoms with Crippen molar-refractivity contribution in [1.82, 2.24) is 9.80 Å². The van der Waals surface area contributed by atoms with Crippen LogP contribution in [0.3, 0.4) is 0 Å². The summed E-state index contributed by atoms with van der Waals surface area (Å²) >= 11 is 5.94. The van der Waals surface area contributed by atoms with Gasteiger partial charge in [-0.15, -0.1) is 0 Å². The van der Waals surface area contributed by atoms with E-state index in [1.807, 2.05) is 43.0 Å². The maximum absolute atomic E-state index is 13.0. The Kier molecular flexibility index (Phi) is 8.18. The Balaban J connectivity index is 1.60. The molecule has 2 N–H and O–H groups in total. The fourth-order valence-corrected chi connectivity index (χ4v) is 4.92. The first-order valence-electron chi connectivity index (χ1n) is 11.4. The van der Waals surface area contributed by atoms with Gasteiger partial charge in [0.05, 0.1) is 12.1 Å². The molecule has 1 saturated carbocycles. The van der Waals surface area contributed by atoms with Crippen molar-refractivity contribution in [2.24, 2.45) is 17.6 Å². The van der Waals surface area contributed by atoms with Gasteiger partial charge in [-0.25, -0.2) is 0 Å². The quantitative estimate of drug-likeness (QED) is 0.709. The Morgan fingerprint density at radius 3 is 2.43 bits per heavy atom. The first kappa shape index (κ1) is 23.1. The molecular weight excluding hydrogens is 398 g/mol. The molecule has 2 unspecified atom stereocenters. The predicted octanol–water partition coefficient (Wildman–Crippen LogP) is 3.88. The molecule has 1 heterocycles. The third-order valence-corrected chi connectivity index (χ3v) is 6.81. The number of nitrogens with two attached hydrogens (primary N) is 1. The average Bonchev–Trinajstić information content (AvgIpc) is 3.23. The lowest BCUT2D eigenvalue weighted by Gasteiger charge is -2.35. The zero-order valence-corrected chi connectivity index (χ0v) is 19.1. The zero-order chi connectivity index (χ0) is 21.7. The summed E-state index contributed by atoms with van der Waals surface area (Å²) in [6.45, 7) is 6.04. The number of halogens is 1. The molecule has 1 aliphatic carbocycles. The van der Waals surface area contributed by atoms with E-state index in [9.17, 15) is 9.59 Å². The Morgan fingerprint density at radius 2 is 1.80 bits per heavy atom. The number of hydrogen-bond donors (Lipinski definition) is 1. The number of benzene rings is 1. The predicted molar refractivity (Wildman–Crippen MR) is 121 cm³/mol. The summed E-state index contributed by atoms with van der Waals surface area (Å²) in [5.41, 5.74) is 7.25. The largest absolute Gasteiger partial charge is 0.339 e. The SMILES string of the molecule is CC(C)C(=O)N(CC1CCCCC1)C1CCN(C(=O)C(N)Cc2ccc(Cl)cc2)C1. The van der Waals surface area contributed by atoms with E-state index in [1.165, 1.54) is 32.1 Å². The second-order valence-corrected chi connectivity index (χ2v) is 9.75. The molecule has 166 valence electrons. The number of rotatable bonds is 7. The van der Waals surface area contributed by atoms with E-state index in [-0.39, 0.29) is 23.8 Å². The lowest BCUT2D eigenvalue weighted by Crippen LogP contribution is -2.49. The van der Waals surface area contributed by atoms with E-state index >= 15 is 0 Å². The van der Waals surface area contributed by atoms with E-state index in [4.69, 9.17) is 17.3 Å². The topological polar surface area (TPSA) is 66.6 Å². The molecule has 2 fully saturated rings. The van der Waals surface area contributed by atoms with Gasteiger partial charge in [-0.3, -0.25) is 9.59 Å². The Morgan fingerprint density at radius 1 is 1.13 bits per heavy atom. The smallest absolute Gasteiger partial charge is 0.239 e. The molecule has 0 spiro atoms. The summed E-state index contributed by atoms with van der Waals surface area (Å²) in [6.07, 6.45) is 7.60. The summed E-state index contributed by atoms with van der Waals surface area (Å²) in [5.74, 6) is 0.760. The molecule has 2 atom stereocenters. The van der Waals surface area contributed by atoms with Gasteiger partial charge in [-0.1, -0.05) is 56.8 Å². The van der Waals surface area contributed by atoms with Crippen LogP contribution in [0, 0.1) is 11.8 Å². The van der Waals surface area contributed by atoms with Crippen molar-refractivity contribution >= 4 is 23.4 Å². The minimum Gasteiger partial charge on any atom is -0.339 e. The summed E-state index contributed by atoms with van der Waals surface area (Å²) in [7, 11) is 0. The maximum atomic E-state index is 13.0. The highest BCUT2D eigenvalue weighted by molar-refractivity contribution is 6.30. The molecule has 30 heavy (non-hydrogen) atoms. The van der Waals surface area contributed by atoms with Crippen LogP contribution in [-0.4, -0.2) is 53.3 Å². The van der Waals surface area contributed by atoms with Crippen molar-refractivity contribution < 1.29 is 9.59 Å². The van der Waals surface area contributed by atoms with Crippen LogP contribution in [0.1, 0.15) is 57.9 Å². The highest BCUT2D eigenvalue weighted by atomic mass is 35.5. The first-order chi connectivity index (χ1) is 14.3. The van der Waals surface area contributed by atoms with E-state index in [1.54, 1.807) is 0 Å². The van der Waals surface area contributed by atoms with Gasteiger partial charge in [0, 0.05) is 30.6 Å².